The van der Waals surface area contributed by atoms with Gasteiger partial charge in [0.1, 0.15) is 0 Å². The first-order valence-corrected chi connectivity index (χ1v) is 4.05. The third kappa shape index (κ3) is 2.26. The van der Waals surface area contributed by atoms with Gasteiger partial charge in [0, 0.05) is 0 Å². The summed E-state index contributed by atoms with van der Waals surface area (Å²) in [6.45, 7) is 0. The summed E-state index contributed by atoms with van der Waals surface area (Å²) in [5.41, 5.74) is 0. The maximum absolute atomic E-state index is 11.7. The molecule has 0 bridgehead atoms. The van der Waals surface area contributed by atoms with Crippen LogP contribution in [0.25, 0.3) is 0 Å². The van der Waals surface area contributed by atoms with Gasteiger partial charge >= 0.3 is 10.2 Å². The molecule has 1 fully saturated rings. The summed E-state index contributed by atoms with van der Waals surface area (Å²) in [5, 5.41) is 0. The molecule has 0 aromatic rings. The third-order valence-corrected chi connectivity index (χ3v) is 2.00. The van der Waals surface area contributed by atoms with Crippen LogP contribution in [-0.2, 0) is 10.2 Å². The highest BCUT2D eigenvalue weighted by Crippen LogP contribution is 2.30. The molecule has 1 saturated carbocycles. The molecular formula is C4H7FO2S. The Morgan fingerprint density at radius 3 is 2.12 bits per heavy atom. The Kier molecular flexibility index (Phi) is 1.27. The van der Waals surface area contributed by atoms with Crippen LogP contribution < -0.4 is 0 Å². The Hall–Kier alpha value is -0.120. The maximum atomic E-state index is 11.7. The zero-order valence-electron chi connectivity index (χ0n) is 4.30. The van der Waals surface area contributed by atoms with Gasteiger partial charge in [-0.2, -0.15) is 8.42 Å². The van der Waals surface area contributed by atoms with E-state index in [1.807, 2.05) is 0 Å². The summed E-state index contributed by atoms with van der Waals surface area (Å²) >= 11 is 0. The number of hydrogen-bond acceptors (Lipinski definition) is 2. The van der Waals surface area contributed by atoms with Crippen LogP contribution in [0.3, 0.4) is 0 Å². The molecule has 1 rings (SSSR count). The quantitative estimate of drug-likeness (QED) is 0.526. The second-order valence-corrected chi connectivity index (χ2v) is 3.56. The minimum Gasteiger partial charge on any atom is -0.195 e. The monoisotopic (exact) mass is 138 g/mol. The molecule has 1 aliphatic rings. The van der Waals surface area contributed by atoms with Gasteiger partial charge < -0.3 is 0 Å². The molecule has 0 amide bonds. The molecule has 2 nitrogen and oxygen atoms in total. The molecule has 48 valence electrons. The molecule has 0 unspecified atom stereocenters. The van der Waals surface area contributed by atoms with Gasteiger partial charge in [-0.25, -0.2) is 0 Å². The van der Waals surface area contributed by atoms with Crippen LogP contribution in [0.2, 0.25) is 0 Å². The van der Waals surface area contributed by atoms with Gasteiger partial charge in [0.05, 0.1) is 5.75 Å². The number of hydrogen-bond donors (Lipinski definition) is 0. The van der Waals surface area contributed by atoms with E-state index < -0.39 is 10.2 Å². The van der Waals surface area contributed by atoms with Crippen molar-refractivity contribution in [3.63, 3.8) is 0 Å². The van der Waals surface area contributed by atoms with Crippen molar-refractivity contribution in [3.05, 3.63) is 0 Å². The SMILES string of the molecule is O=S(=O)(F)CC1CC1. The van der Waals surface area contributed by atoms with Crippen molar-refractivity contribution < 1.29 is 12.3 Å². The molecule has 0 saturated heterocycles. The van der Waals surface area contributed by atoms with E-state index in [2.05, 4.69) is 0 Å². The van der Waals surface area contributed by atoms with E-state index in [0.717, 1.165) is 12.8 Å². The Labute approximate surface area is 47.9 Å². The van der Waals surface area contributed by atoms with Gasteiger partial charge in [0.2, 0.25) is 0 Å². The lowest BCUT2D eigenvalue weighted by molar-refractivity contribution is 0.548. The van der Waals surface area contributed by atoms with Crippen molar-refractivity contribution in [1.29, 1.82) is 0 Å². The fourth-order valence-electron chi connectivity index (χ4n) is 0.566. The summed E-state index contributed by atoms with van der Waals surface area (Å²) in [6.07, 6.45) is 1.76. The van der Waals surface area contributed by atoms with E-state index in [1.54, 1.807) is 0 Å². The van der Waals surface area contributed by atoms with Gasteiger partial charge in [0.15, 0.2) is 0 Å². The first-order chi connectivity index (χ1) is 3.58. The molecule has 0 aromatic heterocycles. The van der Waals surface area contributed by atoms with Crippen LogP contribution in [0.5, 0.6) is 0 Å². The predicted molar refractivity (Wildman–Crippen MR) is 27.6 cm³/mol. The summed E-state index contributed by atoms with van der Waals surface area (Å²) in [7, 11) is -4.16. The molecule has 0 aliphatic heterocycles. The normalized spacial score (nSPS) is 21.1. The summed E-state index contributed by atoms with van der Waals surface area (Å²) < 4.78 is 31.3. The number of rotatable bonds is 2. The van der Waals surface area contributed by atoms with Crippen molar-refractivity contribution in [2.45, 2.75) is 12.8 Å². The lowest BCUT2D eigenvalue weighted by Crippen LogP contribution is -1.98. The van der Waals surface area contributed by atoms with Crippen molar-refractivity contribution in [2.24, 2.45) is 5.92 Å². The minimum atomic E-state index is -4.16. The zero-order chi connectivity index (χ0) is 6.20. The van der Waals surface area contributed by atoms with Gasteiger partial charge in [-0.3, -0.25) is 0 Å². The van der Waals surface area contributed by atoms with Crippen molar-refractivity contribution in [2.75, 3.05) is 5.75 Å². The Morgan fingerprint density at radius 1 is 1.50 bits per heavy atom. The standard InChI is InChI=1S/C4H7FO2S/c5-8(6,7)3-4-1-2-4/h4H,1-3H2. The Morgan fingerprint density at radius 2 is 2.00 bits per heavy atom. The van der Waals surface area contributed by atoms with Crippen LogP contribution in [0.15, 0.2) is 0 Å². The first kappa shape index (κ1) is 6.01. The van der Waals surface area contributed by atoms with Crippen molar-refractivity contribution in [3.8, 4) is 0 Å². The van der Waals surface area contributed by atoms with Gasteiger partial charge in [-0.05, 0) is 18.8 Å². The lowest BCUT2D eigenvalue weighted by Gasteiger charge is -1.85. The average molecular weight is 138 g/mol. The van der Waals surface area contributed by atoms with Crippen LogP contribution in [0.4, 0.5) is 3.89 Å². The molecule has 0 heterocycles. The minimum absolute atomic E-state index is 0.130. The highest BCUT2D eigenvalue weighted by Gasteiger charge is 2.27. The highest BCUT2D eigenvalue weighted by molar-refractivity contribution is 7.86. The smallest absolute Gasteiger partial charge is 0.195 e. The topological polar surface area (TPSA) is 34.1 Å². The molecule has 0 N–H and O–H groups in total. The maximum Gasteiger partial charge on any atom is 0.302 e. The lowest BCUT2D eigenvalue weighted by atomic mass is 10.5. The predicted octanol–water partition coefficient (Wildman–Crippen LogP) is 0.696. The van der Waals surface area contributed by atoms with Crippen LogP contribution in [-0.4, -0.2) is 14.2 Å². The van der Waals surface area contributed by atoms with Crippen molar-refractivity contribution >= 4 is 10.2 Å². The molecule has 0 radical (unpaired) electrons. The van der Waals surface area contributed by atoms with Crippen LogP contribution in [0.1, 0.15) is 12.8 Å². The van der Waals surface area contributed by atoms with E-state index in [1.165, 1.54) is 0 Å². The molecular weight excluding hydrogens is 131 g/mol. The molecule has 4 heteroatoms. The van der Waals surface area contributed by atoms with Gasteiger partial charge in [-0.1, -0.05) is 0 Å². The fourth-order valence-corrected chi connectivity index (χ4v) is 1.46. The van der Waals surface area contributed by atoms with Crippen molar-refractivity contribution in [1.82, 2.24) is 0 Å². The second-order valence-electron chi connectivity index (χ2n) is 2.15. The second kappa shape index (κ2) is 1.69. The van der Waals surface area contributed by atoms with Gasteiger partial charge in [0.25, 0.3) is 0 Å². The fraction of sp³-hybridized carbons (Fsp3) is 1.00. The van der Waals surface area contributed by atoms with Crippen LogP contribution >= 0.6 is 0 Å². The van der Waals surface area contributed by atoms with E-state index in [9.17, 15) is 12.3 Å². The van der Waals surface area contributed by atoms with Crippen LogP contribution in [0, 0.1) is 5.92 Å². The molecule has 0 spiro atoms. The molecule has 1 aliphatic carbocycles. The molecule has 0 atom stereocenters. The largest absolute Gasteiger partial charge is 0.302 e. The molecule has 0 aromatic carbocycles. The third-order valence-electron chi connectivity index (χ3n) is 1.13. The summed E-state index contributed by atoms with van der Waals surface area (Å²) in [4.78, 5) is 0. The number of halogens is 1. The Balaban J connectivity index is 2.38. The van der Waals surface area contributed by atoms with E-state index >= 15 is 0 Å². The van der Waals surface area contributed by atoms with E-state index in [0.29, 0.717) is 0 Å². The summed E-state index contributed by atoms with van der Waals surface area (Å²) in [6, 6.07) is 0. The summed E-state index contributed by atoms with van der Waals surface area (Å²) in [5.74, 6) is -0.127. The molecule has 8 heavy (non-hydrogen) atoms. The first-order valence-electron chi connectivity index (χ1n) is 2.50. The zero-order valence-corrected chi connectivity index (χ0v) is 5.12. The highest BCUT2D eigenvalue weighted by atomic mass is 32.3. The average Bonchev–Trinajstić information content (AvgIpc) is 2.12. The Bertz CT molecular complexity index is 168. The van der Waals surface area contributed by atoms with E-state index in [-0.39, 0.29) is 11.7 Å². The van der Waals surface area contributed by atoms with Gasteiger partial charge in [-0.15, -0.1) is 3.89 Å². The van der Waals surface area contributed by atoms with E-state index in [4.69, 9.17) is 0 Å².